The Morgan fingerprint density at radius 2 is 2.24 bits per heavy atom. The van der Waals surface area contributed by atoms with E-state index in [-0.39, 0.29) is 18.0 Å². The van der Waals surface area contributed by atoms with Crippen molar-refractivity contribution in [1.82, 2.24) is 15.1 Å². The number of hydrogen-bond acceptors (Lipinski definition) is 5. The summed E-state index contributed by atoms with van der Waals surface area (Å²) in [4.78, 5) is 13.8. The fourth-order valence-corrected chi connectivity index (χ4v) is 2.55. The van der Waals surface area contributed by atoms with Crippen LogP contribution in [0.2, 0.25) is 0 Å². The maximum atomic E-state index is 12.9. The van der Waals surface area contributed by atoms with Gasteiger partial charge >= 0.3 is 6.03 Å². The van der Waals surface area contributed by atoms with Crippen LogP contribution >= 0.6 is 11.3 Å². The first-order valence-electron chi connectivity index (χ1n) is 6.41. The molecular weight excluding hydrogens is 295 g/mol. The van der Waals surface area contributed by atoms with Crippen molar-refractivity contribution in [3.63, 3.8) is 0 Å². The molecule has 21 heavy (non-hydrogen) atoms. The largest absolute Gasteiger partial charge is 0.370 e. The first-order chi connectivity index (χ1) is 10.2. The molecule has 0 bridgehead atoms. The molecule has 0 aliphatic carbocycles. The van der Waals surface area contributed by atoms with Crippen LogP contribution in [0.15, 0.2) is 29.8 Å². The van der Waals surface area contributed by atoms with Crippen molar-refractivity contribution in [2.45, 2.75) is 6.10 Å². The van der Waals surface area contributed by atoms with Gasteiger partial charge in [-0.25, -0.2) is 9.18 Å². The van der Waals surface area contributed by atoms with Crippen molar-refractivity contribution in [3.8, 4) is 0 Å². The maximum absolute atomic E-state index is 12.9. The Morgan fingerprint density at radius 3 is 2.95 bits per heavy atom. The number of halogens is 1. The SMILES string of the molecule is O=C(Nc1nncs1)N1CCOC(c2ccc(F)cc2)C1. The number of morpholine rings is 1. The number of rotatable bonds is 2. The molecular formula is C13H13FN4O2S. The average Bonchev–Trinajstić information content (AvgIpc) is 3.01. The number of anilines is 1. The van der Waals surface area contributed by atoms with Gasteiger partial charge in [-0.1, -0.05) is 23.5 Å². The highest BCUT2D eigenvalue weighted by atomic mass is 32.1. The predicted molar refractivity (Wildman–Crippen MR) is 75.6 cm³/mol. The lowest BCUT2D eigenvalue weighted by Crippen LogP contribution is -2.44. The Bertz CT molecular complexity index is 605. The number of ether oxygens (including phenoxy) is 1. The number of carbonyl (C=O) groups is 1. The molecule has 2 heterocycles. The van der Waals surface area contributed by atoms with Gasteiger partial charge in [-0.3, -0.25) is 5.32 Å². The van der Waals surface area contributed by atoms with Gasteiger partial charge in [0.25, 0.3) is 0 Å². The lowest BCUT2D eigenvalue weighted by Gasteiger charge is -2.32. The molecule has 2 aromatic rings. The number of urea groups is 1. The minimum Gasteiger partial charge on any atom is -0.370 e. The number of aromatic nitrogens is 2. The van der Waals surface area contributed by atoms with Crippen LogP contribution in [0.3, 0.4) is 0 Å². The molecule has 1 aliphatic heterocycles. The smallest absolute Gasteiger partial charge is 0.323 e. The maximum Gasteiger partial charge on any atom is 0.323 e. The van der Waals surface area contributed by atoms with Gasteiger partial charge in [0.2, 0.25) is 5.13 Å². The molecule has 0 radical (unpaired) electrons. The summed E-state index contributed by atoms with van der Waals surface area (Å²) >= 11 is 1.26. The van der Waals surface area contributed by atoms with E-state index in [2.05, 4.69) is 15.5 Å². The molecule has 110 valence electrons. The number of benzene rings is 1. The summed E-state index contributed by atoms with van der Waals surface area (Å²) in [5.41, 5.74) is 2.40. The molecule has 2 amide bonds. The van der Waals surface area contributed by atoms with Crippen LogP contribution in [0.4, 0.5) is 14.3 Å². The first kappa shape index (κ1) is 13.9. The number of nitrogens with zero attached hydrogens (tertiary/aromatic N) is 3. The lowest BCUT2D eigenvalue weighted by molar-refractivity contribution is -0.0135. The van der Waals surface area contributed by atoms with Crippen molar-refractivity contribution < 1.29 is 13.9 Å². The molecule has 0 spiro atoms. The van der Waals surface area contributed by atoms with Gasteiger partial charge < -0.3 is 9.64 Å². The third kappa shape index (κ3) is 3.34. The highest BCUT2D eigenvalue weighted by molar-refractivity contribution is 7.13. The van der Waals surface area contributed by atoms with Crippen LogP contribution in [-0.2, 0) is 4.74 Å². The van der Waals surface area contributed by atoms with Gasteiger partial charge in [0.1, 0.15) is 17.4 Å². The van der Waals surface area contributed by atoms with E-state index < -0.39 is 0 Å². The number of amides is 2. The summed E-state index contributed by atoms with van der Waals surface area (Å²) in [5, 5.41) is 10.6. The Labute approximate surface area is 124 Å². The van der Waals surface area contributed by atoms with Crippen molar-refractivity contribution in [1.29, 1.82) is 0 Å². The van der Waals surface area contributed by atoms with E-state index in [4.69, 9.17) is 4.74 Å². The highest BCUT2D eigenvalue weighted by Crippen LogP contribution is 2.23. The predicted octanol–water partition coefficient (Wildman–Crippen LogP) is 2.28. The second-order valence-corrected chi connectivity index (χ2v) is 5.36. The zero-order valence-electron chi connectivity index (χ0n) is 11.0. The van der Waals surface area contributed by atoms with E-state index in [0.29, 0.717) is 24.8 Å². The molecule has 0 saturated carbocycles. The second-order valence-electron chi connectivity index (χ2n) is 4.53. The molecule has 8 heteroatoms. The van der Waals surface area contributed by atoms with Crippen LogP contribution in [-0.4, -0.2) is 40.8 Å². The van der Waals surface area contributed by atoms with E-state index in [1.165, 1.54) is 23.5 Å². The van der Waals surface area contributed by atoms with E-state index in [1.807, 2.05) is 0 Å². The van der Waals surface area contributed by atoms with Gasteiger partial charge in [-0.05, 0) is 17.7 Å². The van der Waals surface area contributed by atoms with E-state index in [1.54, 1.807) is 22.5 Å². The van der Waals surface area contributed by atoms with Crippen LogP contribution in [0.5, 0.6) is 0 Å². The zero-order chi connectivity index (χ0) is 14.7. The first-order valence-corrected chi connectivity index (χ1v) is 7.29. The molecule has 6 nitrogen and oxygen atoms in total. The Hall–Kier alpha value is -2.06. The highest BCUT2D eigenvalue weighted by Gasteiger charge is 2.25. The van der Waals surface area contributed by atoms with Gasteiger partial charge in [-0.2, -0.15) is 0 Å². The van der Waals surface area contributed by atoms with Crippen LogP contribution < -0.4 is 5.32 Å². The molecule has 1 unspecified atom stereocenters. The average molecular weight is 308 g/mol. The topological polar surface area (TPSA) is 67.4 Å². The minimum atomic E-state index is -0.291. The normalized spacial score (nSPS) is 18.5. The summed E-state index contributed by atoms with van der Waals surface area (Å²) in [6, 6.07) is 5.89. The third-order valence-electron chi connectivity index (χ3n) is 3.17. The summed E-state index contributed by atoms with van der Waals surface area (Å²) < 4.78 is 18.6. The van der Waals surface area contributed by atoms with Crippen molar-refractivity contribution in [2.75, 3.05) is 25.0 Å². The molecule has 3 rings (SSSR count). The second kappa shape index (κ2) is 6.15. The fourth-order valence-electron chi connectivity index (χ4n) is 2.11. The Kier molecular flexibility index (Phi) is 4.07. The van der Waals surface area contributed by atoms with E-state index in [9.17, 15) is 9.18 Å². The van der Waals surface area contributed by atoms with Gasteiger partial charge in [0, 0.05) is 6.54 Å². The standard InChI is InChI=1S/C13H13FN4O2S/c14-10-3-1-9(2-4-10)11-7-18(5-6-20-11)13(19)16-12-17-15-8-21-12/h1-4,8,11H,5-7H2,(H,16,17,19). The molecule has 1 aromatic carbocycles. The van der Waals surface area contributed by atoms with Crippen molar-refractivity contribution in [2.24, 2.45) is 0 Å². The van der Waals surface area contributed by atoms with E-state index in [0.717, 1.165) is 5.56 Å². The van der Waals surface area contributed by atoms with Crippen molar-refractivity contribution >= 4 is 22.5 Å². The summed E-state index contributed by atoms with van der Waals surface area (Å²) in [7, 11) is 0. The summed E-state index contributed by atoms with van der Waals surface area (Å²) in [6.07, 6.45) is -0.250. The Balaban J connectivity index is 1.65. The van der Waals surface area contributed by atoms with Crippen LogP contribution in [0.1, 0.15) is 11.7 Å². The Morgan fingerprint density at radius 1 is 1.43 bits per heavy atom. The van der Waals surface area contributed by atoms with Crippen LogP contribution in [0, 0.1) is 5.82 Å². The van der Waals surface area contributed by atoms with Crippen LogP contribution in [0.25, 0.3) is 0 Å². The van der Waals surface area contributed by atoms with Gasteiger partial charge in [0.15, 0.2) is 0 Å². The minimum absolute atomic E-state index is 0.234. The number of hydrogen-bond donors (Lipinski definition) is 1. The molecule has 1 atom stereocenters. The van der Waals surface area contributed by atoms with E-state index >= 15 is 0 Å². The molecule has 1 fully saturated rings. The molecule has 1 aromatic heterocycles. The quantitative estimate of drug-likeness (QED) is 0.924. The van der Waals surface area contributed by atoms with Crippen molar-refractivity contribution in [3.05, 3.63) is 41.2 Å². The van der Waals surface area contributed by atoms with Gasteiger partial charge in [-0.15, -0.1) is 10.2 Å². The monoisotopic (exact) mass is 308 g/mol. The third-order valence-corrected chi connectivity index (χ3v) is 3.78. The lowest BCUT2D eigenvalue weighted by atomic mass is 10.1. The molecule has 1 aliphatic rings. The fraction of sp³-hybridized carbons (Fsp3) is 0.308. The number of nitrogens with one attached hydrogen (secondary N) is 1. The zero-order valence-corrected chi connectivity index (χ0v) is 11.8. The summed E-state index contributed by atoms with van der Waals surface area (Å²) in [6.45, 7) is 1.35. The molecule has 1 N–H and O–H groups in total. The summed E-state index contributed by atoms with van der Waals surface area (Å²) in [5.74, 6) is -0.291. The molecule has 1 saturated heterocycles. The number of carbonyl (C=O) groups excluding carboxylic acids is 1. The van der Waals surface area contributed by atoms with Gasteiger partial charge in [0.05, 0.1) is 13.2 Å².